The summed E-state index contributed by atoms with van der Waals surface area (Å²) >= 11 is 0. The largest absolute Gasteiger partial charge is 0.494 e. The Labute approximate surface area is 160 Å². The van der Waals surface area contributed by atoms with Gasteiger partial charge in [-0.1, -0.05) is 6.42 Å². The Morgan fingerprint density at radius 3 is 2.59 bits per heavy atom. The molecule has 0 atom stereocenters. The summed E-state index contributed by atoms with van der Waals surface area (Å²) in [7, 11) is 0. The van der Waals surface area contributed by atoms with E-state index in [9.17, 15) is 4.79 Å². The number of hydrogen-bond acceptors (Lipinski definition) is 4. The number of aryl methyl sites for hydroxylation is 1. The Kier molecular flexibility index (Phi) is 5.41. The average Bonchev–Trinajstić information content (AvgIpc) is 2.96. The van der Waals surface area contributed by atoms with Crippen molar-refractivity contribution in [3.8, 4) is 5.75 Å². The van der Waals surface area contributed by atoms with E-state index in [4.69, 9.17) is 4.74 Å². The number of fused-ring (bicyclic) bond motifs is 1. The van der Waals surface area contributed by atoms with Gasteiger partial charge in [-0.15, -0.1) is 10.2 Å². The lowest BCUT2D eigenvalue weighted by Crippen LogP contribution is -2.38. The molecule has 0 saturated carbocycles. The summed E-state index contributed by atoms with van der Waals surface area (Å²) in [5.41, 5.74) is 0.730. The molecule has 1 fully saturated rings. The number of hydrogen-bond donors (Lipinski definition) is 0. The van der Waals surface area contributed by atoms with Gasteiger partial charge in [0, 0.05) is 37.5 Å². The Hall–Kier alpha value is -2.37. The molecule has 2 aliphatic heterocycles. The molecule has 2 aromatic rings. The minimum atomic E-state index is 0.108. The molecule has 1 saturated heterocycles. The molecule has 0 spiro atoms. The van der Waals surface area contributed by atoms with Crippen molar-refractivity contribution in [1.82, 2.24) is 19.7 Å². The normalized spacial score (nSPS) is 18.0. The zero-order chi connectivity index (χ0) is 18.6. The maximum absolute atomic E-state index is 12.8. The zero-order valence-corrected chi connectivity index (χ0v) is 16.1. The summed E-state index contributed by atoms with van der Waals surface area (Å²) in [6, 6.07) is 7.46. The van der Waals surface area contributed by atoms with Crippen LogP contribution in [-0.2, 0) is 13.0 Å². The fraction of sp³-hybridized carbons (Fsp3) is 0.571. The Morgan fingerprint density at radius 2 is 1.85 bits per heavy atom. The molecule has 3 heterocycles. The molecule has 1 aromatic carbocycles. The van der Waals surface area contributed by atoms with Crippen LogP contribution in [0.5, 0.6) is 5.75 Å². The third-order valence-electron chi connectivity index (χ3n) is 5.70. The van der Waals surface area contributed by atoms with E-state index in [1.807, 2.05) is 36.1 Å². The van der Waals surface area contributed by atoms with Crippen molar-refractivity contribution in [2.45, 2.75) is 57.9 Å². The van der Waals surface area contributed by atoms with E-state index in [1.165, 1.54) is 19.3 Å². The van der Waals surface area contributed by atoms with Crippen molar-refractivity contribution in [2.24, 2.45) is 0 Å². The van der Waals surface area contributed by atoms with Gasteiger partial charge in [0.15, 0.2) is 0 Å². The lowest BCUT2D eigenvalue weighted by Gasteiger charge is -2.31. The van der Waals surface area contributed by atoms with Crippen LogP contribution in [0.25, 0.3) is 0 Å². The van der Waals surface area contributed by atoms with Crippen LogP contribution in [0, 0.1) is 0 Å². The van der Waals surface area contributed by atoms with E-state index in [0.717, 1.165) is 61.9 Å². The lowest BCUT2D eigenvalue weighted by molar-refractivity contribution is 0.0710. The number of carbonyl (C=O) groups is 1. The highest BCUT2D eigenvalue weighted by Gasteiger charge is 2.28. The predicted octanol–water partition coefficient (Wildman–Crippen LogP) is 3.42. The van der Waals surface area contributed by atoms with Gasteiger partial charge in [-0.05, 0) is 56.9 Å². The first kappa shape index (κ1) is 18.0. The van der Waals surface area contributed by atoms with Crippen LogP contribution in [0.2, 0.25) is 0 Å². The van der Waals surface area contributed by atoms with Crippen LogP contribution in [-0.4, -0.2) is 45.3 Å². The van der Waals surface area contributed by atoms with Crippen LogP contribution >= 0.6 is 0 Å². The second-order valence-electron chi connectivity index (χ2n) is 7.46. The van der Waals surface area contributed by atoms with Crippen LogP contribution in [0.3, 0.4) is 0 Å². The number of benzene rings is 1. The summed E-state index contributed by atoms with van der Waals surface area (Å²) in [6.45, 7) is 5.19. The number of rotatable bonds is 4. The van der Waals surface area contributed by atoms with Crippen LogP contribution in [0.15, 0.2) is 24.3 Å². The van der Waals surface area contributed by atoms with Crippen LogP contribution in [0.1, 0.15) is 67.0 Å². The molecule has 0 bridgehead atoms. The fourth-order valence-corrected chi connectivity index (χ4v) is 4.19. The van der Waals surface area contributed by atoms with E-state index in [1.54, 1.807) is 0 Å². The number of likely N-dealkylation sites (tertiary alicyclic amines) is 1. The highest BCUT2D eigenvalue weighted by molar-refractivity contribution is 5.94. The Morgan fingerprint density at radius 1 is 1.07 bits per heavy atom. The fourth-order valence-electron chi connectivity index (χ4n) is 4.19. The maximum Gasteiger partial charge on any atom is 0.253 e. The second-order valence-corrected chi connectivity index (χ2v) is 7.46. The molecule has 2 aliphatic rings. The van der Waals surface area contributed by atoms with Crippen LogP contribution in [0.4, 0.5) is 0 Å². The summed E-state index contributed by atoms with van der Waals surface area (Å²) in [5, 5.41) is 8.95. The molecule has 6 nitrogen and oxygen atoms in total. The average molecular weight is 368 g/mol. The number of carbonyl (C=O) groups excluding carboxylic acids is 1. The molecular weight excluding hydrogens is 340 g/mol. The molecule has 1 amide bonds. The van der Waals surface area contributed by atoms with Crippen molar-refractivity contribution >= 4 is 5.91 Å². The van der Waals surface area contributed by atoms with Gasteiger partial charge in [0.05, 0.1) is 6.61 Å². The molecule has 0 N–H and O–H groups in total. The standard InChI is InChI=1S/C21H28N4O2/c1-2-27-18-9-7-17(8-10-18)21(26)24-14-11-16(12-15-24)20-23-22-19-6-4-3-5-13-25(19)20/h7-10,16H,2-6,11-15H2,1H3. The first-order valence-electron chi connectivity index (χ1n) is 10.2. The summed E-state index contributed by atoms with van der Waals surface area (Å²) in [6.07, 6.45) is 6.67. The highest BCUT2D eigenvalue weighted by atomic mass is 16.5. The van der Waals surface area contributed by atoms with Gasteiger partial charge >= 0.3 is 0 Å². The van der Waals surface area contributed by atoms with Crippen molar-refractivity contribution in [1.29, 1.82) is 0 Å². The first-order valence-corrected chi connectivity index (χ1v) is 10.2. The second kappa shape index (κ2) is 8.11. The number of piperidine rings is 1. The third kappa shape index (κ3) is 3.84. The van der Waals surface area contributed by atoms with Crippen molar-refractivity contribution < 1.29 is 9.53 Å². The number of aromatic nitrogens is 3. The Bertz CT molecular complexity index is 776. The van der Waals surface area contributed by atoms with Crippen molar-refractivity contribution in [2.75, 3.05) is 19.7 Å². The molecule has 6 heteroatoms. The van der Waals surface area contributed by atoms with Gasteiger partial charge in [-0.25, -0.2) is 0 Å². The lowest BCUT2D eigenvalue weighted by atomic mass is 9.95. The summed E-state index contributed by atoms with van der Waals surface area (Å²) in [4.78, 5) is 14.8. The van der Waals surface area contributed by atoms with Gasteiger partial charge in [0.1, 0.15) is 17.4 Å². The SMILES string of the molecule is CCOc1ccc(C(=O)N2CCC(c3nnc4n3CCCCC4)CC2)cc1. The van der Waals surface area contributed by atoms with Gasteiger partial charge in [0.25, 0.3) is 5.91 Å². The van der Waals surface area contributed by atoms with Crippen molar-refractivity contribution in [3.63, 3.8) is 0 Å². The van der Waals surface area contributed by atoms with E-state index in [2.05, 4.69) is 14.8 Å². The van der Waals surface area contributed by atoms with Crippen LogP contribution < -0.4 is 4.74 Å². The number of nitrogens with zero attached hydrogens (tertiary/aromatic N) is 4. The molecule has 0 unspecified atom stereocenters. The molecule has 0 aliphatic carbocycles. The highest BCUT2D eigenvalue weighted by Crippen LogP contribution is 2.29. The van der Waals surface area contributed by atoms with E-state index in [-0.39, 0.29) is 5.91 Å². The van der Waals surface area contributed by atoms with Crippen molar-refractivity contribution in [3.05, 3.63) is 41.5 Å². The first-order chi connectivity index (χ1) is 13.3. The topological polar surface area (TPSA) is 60.2 Å². The summed E-state index contributed by atoms with van der Waals surface area (Å²) < 4.78 is 7.80. The number of amides is 1. The third-order valence-corrected chi connectivity index (χ3v) is 5.70. The molecular formula is C21H28N4O2. The molecule has 144 valence electrons. The molecule has 4 rings (SSSR count). The van der Waals surface area contributed by atoms with Gasteiger partial charge in [0.2, 0.25) is 0 Å². The number of ether oxygens (including phenoxy) is 1. The van der Waals surface area contributed by atoms with Gasteiger partial charge < -0.3 is 14.2 Å². The minimum absolute atomic E-state index is 0.108. The Balaban J connectivity index is 1.39. The van der Waals surface area contributed by atoms with E-state index < -0.39 is 0 Å². The predicted molar refractivity (Wildman–Crippen MR) is 103 cm³/mol. The molecule has 0 radical (unpaired) electrons. The molecule has 27 heavy (non-hydrogen) atoms. The smallest absolute Gasteiger partial charge is 0.253 e. The summed E-state index contributed by atoms with van der Waals surface area (Å²) in [5.74, 6) is 3.61. The monoisotopic (exact) mass is 368 g/mol. The quantitative estimate of drug-likeness (QED) is 0.830. The van der Waals surface area contributed by atoms with E-state index >= 15 is 0 Å². The van der Waals surface area contributed by atoms with Gasteiger partial charge in [-0.3, -0.25) is 4.79 Å². The van der Waals surface area contributed by atoms with E-state index in [0.29, 0.717) is 12.5 Å². The maximum atomic E-state index is 12.8. The minimum Gasteiger partial charge on any atom is -0.494 e. The zero-order valence-electron chi connectivity index (χ0n) is 16.1. The van der Waals surface area contributed by atoms with Gasteiger partial charge in [-0.2, -0.15) is 0 Å². The molecule has 1 aromatic heterocycles.